The highest BCUT2D eigenvalue weighted by atomic mass is 79.9. The molecule has 6 heteroatoms. The van der Waals surface area contributed by atoms with Crippen LogP contribution in [0.5, 0.6) is 5.88 Å². The molecule has 0 aliphatic carbocycles. The molecule has 0 saturated heterocycles. The van der Waals surface area contributed by atoms with E-state index in [4.69, 9.17) is 10.5 Å². The predicted molar refractivity (Wildman–Crippen MR) is 72.3 cm³/mol. The van der Waals surface area contributed by atoms with Gasteiger partial charge in [-0.15, -0.1) is 0 Å². The van der Waals surface area contributed by atoms with Gasteiger partial charge in [-0.2, -0.15) is 4.98 Å². The molecular formula is C11H19BrN4O. The topological polar surface area (TPSA) is 73.1 Å². The molecule has 17 heavy (non-hydrogen) atoms. The summed E-state index contributed by atoms with van der Waals surface area (Å²) in [6, 6.07) is 0. The minimum atomic E-state index is 0.547. The van der Waals surface area contributed by atoms with Gasteiger partial charge in [-0.3, -0.25) is 0 Å². The number of hydrogen-bond acceptors (Lipinski definition) is 5. The summed E-state index contributed by atoms with van der Waals surface area (Å²) in [4.78, 5) is 8.37. The third-order valence-corrected chi connectivity index (χ3v) is 2.86. The Bertz CT molecular complexity index is 335. The lowest BCUT2D eigenvalue weighted by Gasteiger charge is -2.06. The van der Waals surface area contributed by atoms with Crippen molar-refractivity contribution in [1.82, 2.24) is 9.97 Å². The zero-order valence-corrected chi connectivity index (χ0v) is 11.7. The molecule has 0 saturated carbocycles. The molecule has 0 bridgehead atoms. The van der Waals surface area contributed by atoms with Gasteiger partial charge in [-0.25, -0.2) is 4.98 Å². The molecule has 0 fully saturated rings. The van der Waals surface area contributed by atoms with E-state index in [0.717, 1.165) is 30.4 Å². The number of anilines is 1. The van der Waals surface area contributed by atoms with E-state index in [9.17, 15) is 0 Å². The molecule has 96 valence electrons. The number of hydrogen-bond donors (Lipinski definition) is 2. The standard InChI is InChI=1S/C11H19BrN4O/c1-17-10-9(12)8-15-11(16-10)14-7-5-3-2-4-6-13/h8H,2-7,13H2,1H3,(H,14,15,16). The van der Waals surface area contributed by atoms with Crippen LogP contribution in [0.1, 0.15) is 25.7 Å². The number of halogens is 1. The van der Waals surface area contributed by atoms with Crippen molar-refractivity contribution in [2.24, 2.45) is 5.73 Å². The first-order valence-electron chi connectivity index (χ1n) is 5.78. The molecule has 1 heterocycles. The van der Waals surface area contributed by atoms with Crippen molar-refractivity contribution in [2.45, 2.75) is 25.7 Å². The van der Waals surface area contributed by atoms with Gasteiger partial charge in [0.1, 0.15) is 0 Å². The number of unbranched alkanes of at least 4 members (excludes halogenated alkanes) is 3. The SMILES string of the molecule is COc1nc(NCCCCCCN)ncc1Br. The Labute approximate surface area is 110 Å². The number of rotatable bonds is 8. The smallest absolute Gasteiger partial charge is 0.232 e. The van der Waals surface area contributed by atoms with Crippen LogP contribution in [0.2, 0.25) is 0 Å². The molecule has 5 nitrogen and oxygen atoms in total. The Morgan fingerprint density at radius 3 is 2.82 bits per heavy atom. The molecular weight excluding hydrogens is 284 g/mol. The van der Waals surface area contributed by atoms with Gasteiger partial charge in [0.2, 0.25) is 11.8 Å². The largest absolute Gasteiger partial charge is 0.480 e. The highest BCUT2D eigenvalue weighted by Gasteiger charge is 2.03. The van der Waals surface area contributed by atoms with Crippen molar-refractivity contribution >= 4 is 21.9 Å². The molecule has 1 rings (SSSR count). The zero-order chi connectivity index (χ0) is 12.5. The van der Waals surface area contributed by atoms with Crippen LogP contribution >= 0.6 is 15.9 Å². The van der Waals surface area contributed by atoms with Crippen molar-refractivity contribution in [3.63, 3.8) is 0 Å². The quantitative estimate of drug-likeness (QED) is 0.720. The number of nitrogens with one attached hydrogen (secondary N) is 1. The second kappa shape index (κ2) is 8.25. The number of ether oxygens (including phenoxy) is 1. The highest BCUT2D eigenvalue weighted by Crippen LogP contribution is 2.21. The Hall–Kier alpha value is -0.880. The Kier molecular flexibility index (Phi) is 6.88. The zero-order valence-electron chi connectivity index (χ0n) is 10.1. The van der Waals surface area contributed by atoms with Gasteiger partial charge in [-0.05, 0) is 35.3 Å². The Morgan fingerprint density at radius 2 is 2.12 bits per heavy atom. The maximum atomic E-state index is 5.43. The maximum absolute atomic E-state index is 5.43. The summed E-state index contributed by atoms with van der Waals surface area (Å²) in [6.07, 6.45) is 6.24. The first kappa shape index (κ1) is 14.2. The van der Waals surface area contributed by atoms with Gasteiger partial charge in [0.15, 0.2) is 0 Å². The van der Waals surface area contributed by atoms with Crippen molar-refractivity contribution in [2.75, 3.05) is 25.5 Å². The van der Waals surface area contributed by atoms with Crippen molar-refractivity contribution < 1.29 is 4.74 Å². The molecule has 0 aliphatic rings. The summed E-state index contributed by atoms with van der Waals surface area (Å²) in [5.74, 6) is 1.15. The van der Waals surface area contributed by atoms with Crippen LogP contribution in [-0.2, 0) is 0 Å². The molecule has 1 aromatic heterocycles. The van der Waals surface area contributed by atoms with Gasteiger partial charge in [-0.1, -0.05) is 12.8 Å². The number of nitrogens with zero attached hydrogens (tertiary/aromatic N) is 2. The van der Waals surface area contributed by atoms with Gasteiger partial charge in [0.05, 0.1) is 17.8 Å². The molecule has 0 atom stereocenters. The molecule has 0 aromatic carbocycles. The van der Waals surface area contributed by atoms with Crippen LogP contribution in [-0.4, -0.2) is 30.2 Å². The lowest BCUT2D eigenvalue weighted by atomic mass is 10.2. The minimum absolute atomic E-state index is 0.547. The molecule has 0 radical (unpaired) electrons. The van der Waals surface area contributed by atoms with E-state index in [1.165, 1.54) is 12.8 Å². The minimum Gasteiger partial charge on any atom is -0.480 e. The van der Waals surface area contributed by atoms with E-state index in [1.807, 2.05) is 0 Å². The fraction of sp³-hybridized carbons (Fsp3) is 0.636. The monoisotopic (exact) mass is 302 g/mol. The summed E-state index contributed by atoms with van der Waals surface area (Å²) < 4.78 is 5.85. The van der Waals surface area contributed by atoms with Crippen molar-refractivity contribution in [3.8, 4) is 5.88 Å². The summed E-state index contributed by atoms with van der Waals surface area (Å²) in [6.45, 7) is 1.65. The molecule has 0 aliphatic heterocycles. The van der Waals surface area contributed by atoms with Crippen LogP contribution in [0.15, 0.2) is 10.7 Å². The van der Waals surface area contributed by atoms with Crippen LogP contribution in [0.4, 0.5) is 5.95 Å². The van der Waals surface area contributed by atoms with E-state index in [-0.39, 0.29) is 0 Å². The van der Waals surface area contributed by atoms with Gasteiger partial charge >= 0.3 is 0 Å². The molecule has 0 amide bonds. The average molecular weight is 303 g/mol. The predicted octanol–water partition coefficient (Wildman–Crippen LogP) is 2.18. The second-order valence-corrected chi connectivity index (χ2v) is 4.53. The van der Waals surface area contributed by atoms with Gasteiger partial charge in [0, 0.05) is 6.54 Å². The molecule has 0 unspecified atom stereocenters. The first-order valence-corrected chi connectivity index (χ1v) is 6.57. The van der Waals surface area contributed by atoms with Crippen molar-refractivity contribution in [3.05, 3.63) is 10.7 Å². The van der Waals surface area contributed by atoms with E-state index < -0.39 is 0 Å². The fourth-order valence-corrected chi connectivity index (χ4v) is 1.76. The summed E-state index contributed by atoms with van der Waals surface area (Å²) in [5, 5.41) is 3.17. The van der Waals surface area contributed by atoms with Crippen LogP contribution in [0.25, 0.3) is 0 Å². The van der Waals surface area contributed by atoms with Gasteiger partial charge in [0.25, 0.3) is 0 Å². The number of methoxy groups -OCH3 is 1. The average Bonchev–Trinajstić information content (AvgIpc) is 2.35. The van der Waals surface area contributed by atoms with Crippen LogP contribution < -0.4 is 15.8 Å². The van der Waals surface area contributed by atoms with Crippen molar-refractivity contribution in [1.29, 1.82) is 0 Å². The Morgan fingerprint density at radius 1 is 1.35 bits per heavy atom. The fourth-order valence-electron chi connectivity index (χ4n) is 1.40. The first-order chi connectivity index (χ1) is 8.27. The van der Waals surface area contributed by atoms with Crippen LogP contribution in [0, 0.1) is 0 Å². The summed E-state index contributed by atoms with van der Waals surface area (Å²) in [5.41, 5.74) is 5.43. The molecule has 1 aromatic rings. The van der Waals surface area contributed by atoms with Crippen LogP contribution in [0.3, 0.4) is 0 Å². The lowest BCUT2D eigenvalue weighted by Crippen LogP contribution is -2.06. The van der Waals surface area contributed by atoms with E-state index in [1.54, 1.807) is 13.3 Å². The van der Waals surface area contributed by atoms with E-state index in [0.29, 0.717) is 11.8 Å². The third-order valence-electron chi connectivity index (χ3n) is 2.32. The van der Waals surface area contributed by atoms with Gasteiger partial charge < -0.3 is 15.8 Å². The second-order valence-electron chi connectivity index (χ2n) is 3.68. The Balaban J connectivity index is 2.27. The summed E-state index contributed by atoms with van der Waals surface area (Å²) in [7, 11) is 1.59. The highest BCUT2D eigenvalue weighted by molar-refractivity contribution is 9.10. The molecule has 0 spiro atoms. The third kappa shape index (κ3) is 5.32. The number of aromatic nitrogens is 2. The normalized spacial score (nSPS) is 10.3. The molecule has 3 N–H and O–H groups in total. The lowest BCUT2D eigenvalue weighted by molar-refractivity contribution is 0.394. The van der Waals surface area contributed by atoms with E-state index in [2.05, 4.69) is 31.2 Å². The number of nitrogens with two attached hydrogens (primary N) is 1. The van der Waals surface area contributed by atoms with E-state index >= 15 is 0 Å². The maximum Gasteiger partial charge on any atom is 0.232 e. The summed E-state index contributed by atoms with van der Waals surface area (Å²) >= 11 is 3.31.